The summed E-state index contributed by atoms with van der Waals surface area (Å²) in [7, 11) is 5.19. The molecule has 0 radical (unpaired) electrons. The standard InChI is InChI=1S/C20H32N4O2/c1-16-15-24(12-10-18(16)17-8-6-5-7-9-17)20(21-11-13-26-4)22-14-19(25)23(2)3/h5-9,16,18H,10-15H2,1-4H3,(H,21,22). The number of carbonyl (C=O) groups excluding carboxylic acids is 1. The number of aliphatic imine (C=N–C) groups is 1. The molecule has 2 rings (SSSR count). The Labute approximate surface area is 157 Å². The van der Waals surface area contributed by atoms with Crippen LogP contribution in [0.15, 0.2) is 35.3 Å². The first-order valence-electron chi connectivity index (χ1n) is 9.30. The molecule has 2 atom stereocenters. The van der Waals surface area contributed by atoms with Crippen molar-refractivity contribution in [2.24, 2.45) is 10.9 Å². The zero-order chi connectivity index (χ0) is 18.9. The van der Waals surface area contributed by atoms with Crippen LogP contribution >= 0.6 is 0 Å². The van der Waals surface area contributed by atoms with E-state index in [0.717, 1.165) is 25.5 Å². The van der Waals surface area contributed by atoms with Gasteiger partial charge in [0.2, 0.25) is 5.91 Å². The lowest BCUT2D eigenvalue weighted by Gasteiger charge is -2.39. The lowest BCUT2D eigenvalue weighted by molar-refractivity contribution is -0.127. The van der Waals surface area contributed by atoms with Crippen molar-refractivity contribution in [3.8, 4) is 0 Å². The van der Waals surface area contributed by atoms with E-state index in [0.29, 0.717) is 25.0 Å². The third-order valence-corrected chi connectivity index (χ3v) is 4.88. The molecule has 1 aromatic rings. The van der Waals surface area contributed by atoms with E-state index in [1.165, 1.54) is 5.56 Å². The van der Waals surface area contributed by atoms with Crippen LogP contribution in [0.25, 0.3) is 0 Å². The number of amides is 1. The van der Waals surface area contributed by atoms with E-state index in [1.54, 1.807) is 26.1 Å². The van der Waals surface area contributed by atoms with Crippen molar-refractivity contribution in [2.45, 2.75) is 19.3 Å². The van der Waals surface area contributed by atoms with Crippen LogP contribution in [-0.4, -0.2) is 75.7 Å². The number of ether oxygens (including phenoxy) is 1. The Hall–Kier alpha value is -2.08. The predicted molar refractivity (Wildman–Crippen MR) is 105 cm³/mol. The number of likely N-dealkylation sites (tertiary alicyclic amines) is 1. The number of methoxy groups -OCH3 is 1. The van der Waals surface area contributed by atoms with E-state index < -0.39 is 0 Å². The van der Waals surface area contributed by atoms with Crippen LogP contribution in [0.4, 0.5) is 0 Å². The number of carbonyl (C=O) groups is 1. The van der Waals surface area contributed by atoms with Crippen LogP contribution in [0, 0.1) is 5.92 Å². The SMILES string of the molecule is COCCNC(=NCC(=O)N(C)C)N1CCC(c2ccccc2)C(C)C1. The van der Waals surface area contributed by atoms with E-state index in [4.69, 9.17) is 4.74 Å². The molecule has 144 valence electrons. The number of piperidine rings is 1. The first-order valence-corrected chi connectivity index (χ1v) is 9.30. The second-order valence-electron chi connectivity index (χ2n) is 7.08. The molecule has 6 nitrogen and oxygen atoms in total. The van der Waals surface area contributed by atoms with Crippen LogP contribution in [0.1, 0.15) is 24.8 Å². The van der Waals surface area contributed by atoms with Gasteiger partial charge < -0.3 is 19.9 Å². The molecule has 0 aliphatic carbocycles. The van der Waals surface area contributed by atoms with E-state index in [2.05, 4.69) is 52.5 Å². The van der Waals surface area contributed by atoms with Gasteiger partial charge in [-0.15, -0.1) is 0 Å². The van der Waals surface area contributed by atoms with Crippen LogP contribution in [0.5, 0.6) is 0 Å². The summed E-state index contributed by atoms with van der Waals surface area (Å²) in [4.78, 5) is 20.3. The lowest BCUT2D eigenvalue weighted by Crippen LogP contribution is -2.49. The van der Waals surface area contributed by atoms with E-state index in [-0.39, 0.29) is 12.5 Å². The van der Waals surface area contributed by atoms with Crippen molar-refractivity contribution in [3.05, 3.63) is 35.9 Å². The average molecular weight is 361 g/mol. The zero-order valence-electron chi connectivity index (χ0n) is 16.4. The summed E-state index contributed by atoms with van der Waals surface area (Å²) in [5.74, 6) is 1.89. The number of benzene rings is 1. The molecule has 1 saturated heterocycles. The average Bonchev–Trinajstić information content (AvgIpc) is 2.64. The Morgan fingerprint density at radius 3 is 2.69 bits per heavy atom. The Morgan fingerprint density at radius 1 is 1.35 bits per heavy atom. The third-order valence-electron chi connectivity index (χ3n) is 4.88. The Bertz CT molecular complexity index is 589. The second-order valence-corrected chi connectivity index (χ2v) is 7.08. The molecule has 1 aliphatic heterocycles. The van der Waals surface area contributed by atoms with Crippen molar-refractivity contribution >= 4 is 11.9 Å². The van der Waals surface area contributed by atoms with E-state index in [1.807, 2.05) is 0 Å². The highest BCUT2D eigenvalue weighted by atomic mass is 16.5. The number of hydrogen-bond acceptors (Lipinski definition) is 3. The molecule has 0 aromatic heterocycles. The number of nitrogens with zero attached hydrogens (tertiary/aromatic N) is 3. The molecule has 1 N–H and O–H groups in total. The van der Waals surface area contributed by atoms with Gasteiger partial charge in [-0.3, -0.25) is 4.79 Å². The predicted octanol–water partition coefficient (Wildman–Crippen LogP) is 1.79. The first-order chi connectivity index (χ1) is 12.5. The zero-order valence-corrected chi connectivity index (χ0v) is 16.4. The Balaban J connectivity index is 2.03. The summed E-state index contributed by atoms with van der Waals surface area (Å²) < 4.78 is 5.13. The Kier molecular flexibility index (Phi) is 7.91. The summed E-state index contributed by atoms with van der Waals surface area (Å²) in [6.45, 7) is 5.60. The van der Waals surface area contributed by atoms with Gasteiger partial charge in [0.25, 0.3) is 0 Å². The molecule has 1 heterocycles. The highest BCUT2D eigenvalue weighted by Gasteiger charge is 2.28. The van der Waals surface area contributed by atoms with Crippen molar-refractivity contribution in [1.29, 1.82) is 0 Å². The monoisotopic (exact) mass is 360 g/mol. The number of rotatable bonds is 6. The minimum atomic E-state index is 0.00302. The molecule has 6 heteroatoms. The van der Waals surface area contributed by atoms with Gasteiger partial charge in [-0.2, -0.15) is 0 Å². The summed E-state index contributed by atoms with van der Waals surface area (Å²) in [5.41, 5.74) is 1.41. The fourth-order valence-electron chi connectivity index (χ4n) is 3.35. The quantitative estimate of drug-likeness (QED) is 0.477. The summed E-state index contributed by atoms with van der Waals surface area (Å²) in [6.07, 6.45) is 1.08. The molecule has 1 fully saturated rings. The van der Waals surface area contributed by atoms with Gasteiger partial charge in [0.15, 0.2) is 5.96 Å². The smallest absolute Gasteiger partial charge is 0.243 e. The van der Waals surface area contributed by atoms with Crippen molar-refractivity contribution in [2.75, 3.05) is 54.0 Å². The molecule has 1 amide bonds. The van der Waals surface area contributed by atoms with Crippen LogP contribution < -0.4 is 5.32 Å². The second kappa shape index (κ2) is 10.2. The summed E-state index contributed by atoms with van der Waals surface area (Å²) in [5, 5.41) is 3.34. The Morgan fingerprint density at radius 2 is 2.08 bits per heavy atom. The minimum absolute atomic E-state index is 0.00302. The minimum Gasteiger partial charge on any atom is -0.383 e. The van der Waals surface area contributed by atoms with Crippen molar-refractivity contribution < 1.29 is 9.53 Å². The number of likely N-dealkylation sites (N-methyl/N-ethyl adjacent to an activating group) is 1. The molecule has 0 spiro atoms. The summed E-state index contributed by atoms with van der Waals surface area (Å²) >= 11 is 0. The fourth-order valence-corrected chi connectivity index (χ4v) is 3.35. The highest BCUT2D eigenvalue weighted by molar-refractivity contribution is 5.85. The molecule has 1 aromatic carbocycles. The molecule has 0 bridgehead atoms. The molecule has 26 heavy (non-hydrogen) atoms. The molecule has 2 unspecified atom stereocenters. The molecule has 1 aliphatic rings. The van der Waals surface area contributed by atoms with Gasteiger partial charge in [0.05, 0.1) is 6.61 Å². The maximum Gasteiger partial charge on any atom is 0.243 e. The van der Waals surface area contributed by atoms with Crippen molar-refractivity contribution in [3.63, 3.8) is 0 Å². The lowest BCUT2D eigenvalue weighted by atomic mass is 9.82. The van der Waals surface area contributed by atoms with Crippen molar-refractivity contribution in [1.82, 2.24) is 15.1 Å². The van der Waals surface area contributed by atoms with Gasteiger partial charge >= 0.3 is 0 Å². The van der Waals surface area contributed by atoms with Gasteiger partial charge in [0, 0.05) is 40.8 Å². The first kappa shape index (κ1) is 20.2. The number of nitrogens with one attached hydrogen (secondary N) is 1. The maximum absolute atomic E-state index is 11.9. The van der Waals surface area contributed by atoms with Crippen LogP contribution in [0.2, 0.25) is 0 Å². The van der Waals surface area contributed by atoms with Crippen LogP contribution in [-0.2, 0) is 9.53 Å². The molecular formula is C20H32N4O2. The third kappa shape index (κ3) is 5.73. The van der Waals surface area contributed by atoms with Gasteiger partial charge in [-0.05, 0) is 23.8 Å². The largest absolute Gasteiger partial charge is 0.383 e. The fraction of sp³-hybridized carbons (Fsp3) is 0.600. The van der Waals surface area contributed by atoms with E-state index in [9.17, 15) is 4.79 Å². The highest BCUT2D eigenvalue weighted by Crippen LogP contribution is 2.32. The maximum atomic E-state index is 11.9. The number of guanidine groups is 1. The van der Waals surface area contributed by atoms with Gasteiger partial charge in [-0.1, -0.05) is 37.3 Å². The van der Waals surface area contributed by atoms with E-state index >= 15 is 0 Å². The normalized spacial score (nSPS) is 20.8. The molecule has 0 saturated carbocycles. The number of hydrogen-bond donors (Lipinski definition) is 1. The van der Waals surface area contributed by atoms with Gasteiger partial charge in [0.1, 0.15) is 6.54 Å². The topological polar surface area (TPSA) is 57.2 Å². The van der Waals surface area contributed by atoms with Gasteiger partial charge in [-0.25, -0.2) is 4.99 Å². The van der Waals surface area contributed by atoms with Crippen LogP contribution in [0.3, 0.4) is 0 Å². The summed E-state index contributed by atoms with van der Waals surface area (Å²) in [6, 6.07) is 10.7. The molecular weight excluding hydrogens is 328 g/mol.